The summed E-state index contributed by atoms with van der Waals surface area (Å²) in [5.74, 6) is 0.633. The first-order valence-corrected chi connectivity index (χ1v) is 9.57. The number of sulfonamides is 1. The third-order valence-corrected chi connectivity index (χ3v) is 5.71. The summed E-state index contributed by atoms with van der Waals surface area (Å²) in [7, 11) is -2.17. The van der Waals surface area contributed by atoms with E-state index in [-0.39, 0.29) is 23.3 Å². The number of benzene rings is 2. The van der Waals surface area contributed by atoms with Crippen molar-refractivity contribution in [2.45, 2.75) is 32.1 Å². The van der Waals surface area contributed by atoms with Crippen LogP contribution in [0.3, 0.4) is 0 Å². The van der Waals surface area contributed by atoms with Crippen LogP contribution in [0.25, 0.3) is 10.8 Å². The summed E-state index contributed by atoms with van der Waals surface area (Å²) >= 11 is 0. The molecule has 0 amide bonds. The molecule has 6 heteroatoms. The van der Waals surface area contributed by atoms with E-state index in [2.05, 4.69) is 0 Å². The molecule has 0 aromatic heterocycles. The van der Waals surface area contributed by atoms with Gasteiger partial charge in [-0.25, -0.2) is 8.42 Å². The molecule has 134 valence electrons. The summed E-state index contributed by atoms with van der Waals surface area (Å²) in [5, 5.41) is 10.3. The molecule has 0 N–H and O–H groups in total. The van der Waals surface area contributed by atoms with E-state index >= 15 is 0 Å². The fourth-order valence-corrected chi connectivity index (χ4v) is 4.64. The van der Waals surface area contributed by atoms with Crippen molar-refractivity contribution < 1.29 is 13.2 Å². The molecule has 0 aliphatic carbocycles. The van der Waals surface area contributed by atoms with E-state index in [9.17, 15) is 8.42 Å². The maximum atomic E-state index is 13.3. The van der Waals surface area contributed by atoms with Crippen LogP contribution in [-0.4, -0.2) is 32.9 Å². The number of hydrogen-bond acceptors (Lipinski definition) is 4. The molecule has 0 atom stereocenters. The maximum Gasteiger partial charge on any atom is 0.243 e. The van der Waals surface area contributed by atoms with Gasteiger partial charge < -0.3 is 4.74 Å². The Morgan fingerprint density at radius 2 is 1.76 bits per heavy atom. The molecule has 25 heavy (non-hydrogen) atoms. The Balaban J connectivity index is 2.61. The first-order chi connectivity index (χ1) is 11.7. The van der Waals surface area contributed by atoms with Crippen LogP contribution in [0, 0.1) is 16.7 Å². The van der Waals surface area contributed by atoms with Gasteiger partial charge in [0.15, 0.2) is 0 Å². The van der Waals surface area contributed by atoms with Crippen molar-refractivity contribution >= 4 is 20.8 Å². The van der Waals surface area contributed by atoms with Crippen LogP contribution >= 0.6 is 0 Å². The van der Waals surface area contributed by atoms with Crippen LogP contribution in [0.1, 0.15) is 27.2 Å². The fourth-order valence-electron chi connectivity index (χ4n) is 2.77. The van der Waals surface area contributed by atoms with E-state index in [4.69, 9.17) is 10.00 Å². The van der Waals surface area contributed by atoms with Crippen LogP contribution in [0.2, 0.25) is 0 Å². The van der Waals surface area contributed by atoms with Gasteiger partial charge in [0.1, 0.15) is 5.75 Å². The van der Waals surface area contributed by atoms with Crippen molar-refractivity contribution in [2.24, 2.45) is 5.41 Å². The van der Waals surface area contributed by atoms with Crippen molar-refractivity contribution in [1.82, 2.24) is 4.31 Å². The highest BCUT2D eigenvalue weighted by Crippen LogP contribution is 2.33. The van der Waals surface area contributed by atoms with Crippen molar-refractivity contribution in [2.75, 3.05) is 20.2 Å². The average Bonchev–Trinajstić information content (AvgIpc) is 2.56. The van der Waals surface area contributed by atoms with Gasteiger partial charge in [0.2, 0.25) is 10.0 Å². The lowest BCUT2D eigenvalue weighted by molar-refractivity contribution is 0.285. The number of rotatable bonds is 6. The minimum absolute atomic E-state index is 0.156. The molecule has 2 aromatic rings. The second-order valence-electron chi connectivity index (χ2n) is 7.12. The molecule has 0 spiro atoms. The SMILES string of the molecule is COc1ccc(S(=O)(=O)N(CCC#N)CC(C)(C)C)c2ccccc12. The molecule has 0 bridgehead atoms. The molecule has 0 saturated carbocycles. The van der Waals surface area contributed by atoms with Gasteiger partial charge in [-0.1, -0.05) is 45.0 Å². The molecular formula is C19H24N2O3S. The minimum atomic E-state index is -3.73. The largest absolute Gasteiger partial charge is 0.496 e. The predicted octanol–water partition coefficient (Wildman–Crippen LogP) is 3.80. The lowest BCUT2D eigenvalue weighted by atomic mass is 9.97. The highest BCUT2D eigenvalue weighted by molar-refractivity contribution is 7.89. The van der Waals surface area contributed by atoms with Crippen LogP contribution in [-0.2, 0) is 10.0 Å². The van der Waals surface area contributed by atoms with Gasteiger partial charge in [-0.15, -0.1) is 0 Å². The average molecular weight is 360 g/mol. The Kier molecular flexibility index (Phi) is 5.71. The number of methoxy groups -OCH3 is 1. The normalized spacial score (nSPS) is 12.3. The summed E-state index contributed by atoms with van der Waals surface area (Å²) in [4.78, 5) is 0.242. The molecule has 0 saturated heterocycles. The molecule has 0 fully saturated rings. The van der Waals surface area contributed by atoms with Gasteiger partial charge in [-0.3, -0.25) is 0 Å². The van der Waals surface area contributed by atoms with Crippen molar-refractivity contribution in [3.8, 4) is 11.8 Å². The Bertz CT molecular complexity index is 893. The van der Waals surface area contributed by atoms with Gasteiger partial charge >= 0.3 is 0 Å². The molecule has 0 heterocycles. The number of nitriles is 1. The van der Waals surface area contributed by atoms with Crippen molar-refractivity contribution in [1.29, 1.82) is 5.26 Å². The monoisotopic (exact) mass is 360 g/mol. The molecule has 0 aliphatic rings. The predicted molar refractivity (Wildman–Crippen MR) is 98.9 cm³/mol. The van der Waals surface area contributed by atoms with Gasteiger partial charge in [0.25, 0.3) is 0 Å². The molecule has 2 aromatic carbocycles. The topological polar surface area (TPSA) is 70.4 Å². The van der Waals surface area contributed by atoms with Gasteiger partial charge in [0.05, 0.1) is 18.1 Å². The number of fused-ring (bicyclic) bond motifs is 1. The van der Waals surface area contributed by atoms with E-state index in [1.165, 1.54) is 4.31 Å². The van der Waals surface area contributed by atoms with Crippen LogP contribution in [0.15, 0.2) is 41.3 Å². The van der Waals surface area contributed by atoms with E-state index in [0.717, 1.165) is 5.39 Å². The summed E-state index contributed by atoms with van der Waals surface area (Å²) < 4.78 is 33.4. The zero-order chi connectivity index (χ0) is 18.7. The third-order valence-electron chi connectivity index (χ3n) is 3.81. The van der Waals surface area contributed by atoms with E-state index in [1.54, 1.807) is 25.3 Å². The second-order valence-corrected chi connectivity index (χ2v) is 9.03. The summed E-state index contributed by atoms with van der Waals surface area (Å²) in [6.07, 6.45) is 0.156. The smallest absolute Gasteiger partial charge is 0.243 e. The summed E-state index contributed by atoms with van der Waals surface area (Å²) in [5.41, 5.74) is -0.217. The first-order valence-electron chi connectivity index (χ1n) is 8.13. The van der Waals surface area contributed by atoms with Gasteiger partial charge in [-0.05, 0) is 17.5 Å². The Morgan fingerprint density at radius 3 is 2.32 bits per heavy atom. The van der Waals surface area contributed by atoms with Gasteiger partial charge in [0, 0.05) is 30.3 Å². The second kappa shape index (κ2) is 7.42. The molecule has 0 unspecified atom stereocenters. The minimum Gasteiger partial charge on any atom is -0.496 e. The Labute approximate surface area is 149 Å². The quantitative estimate of drug-likeness (QED) is 0.785. The van der Waals surface area contributed by atoms with Crippen LogP contribution < -0.4 is 4.74 Å². The zero-order valence-electron chi connectivity index (χ0n) is 15.1. The van der Waals surface area contributed by atoms with Gasteiger partial charge in [-0.2, -0.15) is 9.57 Å². The molecule has 0 radical (unpaired) electrons. The summed E-state index contributed by atoms with van der Waals surface area (Å²) in [6, 6.07) is 12.6. The number of ether oxygens (including phenoxy) is 1. The maximum absolute atomic E-state index is 13.3. The first kappa shape index (κ1) is 19.2. The zero-order valence-corrected chi connectivity index (χ0v) is 15.9. The molecular weight excluding hydrogens is 336 g/mol. The molecule has 0 aliphatic heterocycles. The van der Waals surface area contributed by atoms with E-state index < -0.39 is 10.0 Å². The van der Waals surface area contributed by atoms with E-state index in [0.29, 0.717) is 17.7 Å². The lowest BCUT2D eigenvalue weighted by Gasteiger charge is -2.29. The Morgan fingerprint density at radius 1 is 1.12 bits per heavy atom. The van der Waals surface area contributed by atoms with Crippen LogP contribution in [0.5, 0.6) is 5.75 Å². The fraction of sp³-hybridized carbons (Fsp3) is 0.421. The number of nitrogens with zero attached hydrogens (tertiary/aromatic N) is 2. The number of hydrogen-bond donors (Lipinski definition) is 0. The molecule has 2 rings (SSSR count). The van der Waals surface area contributed by atoms with Crippen molar-refractivity contribution in [3.63, 3.8) is 0 Å². The van der Waals surface area contributed by atoms with E-state index in [1.807, 2.05) is 45.0 Å². The standard InChI is InChI=1S/C19H24N2O3S/c1-19(2,3)14-21(13-7-12-20)25(22,23)18-11-10-17(24-4)15-8-5-6-9-16(15)18/h5-6,8-11H,7,13-14H2,1-4H3. The van der Waals surface area contributed by atoms with Crippen molar-refractivity contribution in [3.05, 3.63) is 36.4 Å². The summed E-state index contributed by atoms with van der Waals surface area (Å²) in [6.45, 7) is 6.46. The highest BCUT2D eigenvalue weighted by Gasteiger charge is 2.30. The highest BCUT2D eigenvalue weighted by atomic mass is 32.2. The lowest BCUT2D eigenvalue weighted by Crippen LogP contribution is -2.38. The van der Waals surface area contributed by atoms with Crippen LogP contribution in [0.4, 0.5) is 0 Å². The third kappa shape index (κ3) is 4.30. The Hall–Kier alpha value is -2.10. The molecule has 5 nitrogen and oxygen atoms in total.